The van der Waals surface area contributed by atoms with Gasteiger partial charge in [-0.05, 0) is 25.0 Å². The number of nitrogens with zero attached hydrogens (tertiary/aromatic N) is 2. The van der Waals surface area contributed by atoms with E-state index in [1.54, 1.807) is 4.90 Å². The highest BCUT2D eigenvalue weighted by Gasteiger charge is 2.10. The average Bonchev–Trinajstić information content (AvgIpc) is 2.69. The molecule has 0 saturated heterocycles. The van der Waals surface area contributed by atoms with Crippen LogP contribution < -0.4 is 10.6 Å². The molecule has 0 spiro atoms. The van der Waals surface area contributed by atoms with E-state index in [4.69, 9.17) is 0 Å². The van der Waals surface area contributed by atoms with Gasteiger partial charge >= 0.3 is 0 Å². The third-order valence-corrected chi connectivity index (χ3v) is 4.28. The Bertz CT molecular complexity index is 722. The van der Waals surface area contributed by atoms with Crippen molar-refractivity contribution in [3.05, 3.63) is 71.8 Å². The van der Waals surface area contributed by atoms with E-state index in [2.05, 4.69) is 34.7 Å². The Morgan fingerprint density at radius 2 is 1.68 bits per heavy atom. The number of hydrogen-bond donors (Lipinski definition) is 2. The Hall–Kier alpha value is -2.09. The fraction of sp³-hybridized carbons (Fsp3) is 0.364. The van der Waals surface area contributed by atoms with Crippen LogP contribution in [0.4, 0.5) is 0 Å². The molecule has 0 saturated carbocycles. The van der Waals surface area contributed by atoms with E-state index >= 15 is 0 Å². The van der Waals surface area contributed by atoms with Gasteiger partial charge in [-0.25, -0.2) is 0 Å². The molecule has 2 aromatic rings. The van der Waals surface area contributed by atoms with Crippen molar-refractivity contribution in [2.45, 2.75) is 32.9 Å². The lowest BCUT2D eigenvalue weighted by Crippen LogP contribution is -2.39. The normalized spacial score (nSPS) is 11.9. The Kier molecular flexibility index (Phi) is 11.2. The van der Waals surface area contributed by atoms with Crippen molar-refractivity contribution in [3.63, 3.8) is 0 Å². The van der Waals surface area contributed by atoms with Gasteiger partial charge < -0.3 is 15.5 Å². The molecular formula is C22H31IN4O. The van der Waals surface area contributed by atoms with Crippen molar-refractivity contribution < 1.29 is 4.79 Å². The number of halogens is 1. The number of nitrogens with one attached hydrogen (secondary N) is 2. The topological polar surface area (TPSA) is 56.7 Å². The molecule has 1 unspecified atom stereocenters. The van der Waals surface area contributed by atoms with Gasteiger partial charge in [0.2, 0.25) is 5.91 Å². The summed E-state index contributed by atoms with van der Waals surface area (Å²) < 4.78 is 0. The molecule has 1 atom stereocenters. The maximum atomic E-state index is 12.3. The van der Waals surface area contributed by atoms with Gasteiger partial charge in [0.05, 0.1) is 12.6 Å². The van der Waals surface area contributed by atoms with Gasteiger partial charge in [-0.15, -0.1) is 24.0 Å². The van der Waals surface area contributed by atoms with Gasteiger partial charge in [-0.1, -0.05) is 60.7 Å². The molecule has 2 aromatic carbocycles. The Morgan fingerprint density at radius 3 is 2.29 bits per heavy atom. The van der Waals surface area contributed by atoms with E-state index in [9.17, 15) is 4.79 Å². The minimum Gasteiger partial charge on any atom is -0.357 e. The molecule has 6 heteroatoms. The lowest BCUT2D eigenvalue weighted by molar-refractivity contribution is -0.130. The van der Waals surface area contributed by atoms with Crippen LogP contribution in [0.5, 0.6) is 0 Å². The standard InChI is InChI=1S/C22H30N4O.HI/c1-4-23-22(25-18(2)20-13-9-6-10-14-20)24-16-15-21(27)26(3)17-19-11-7-5-8-12-19;/h5-14,18H,4,15-17H2,1-3H3,(H2,23,24,25);1H. The highest BCUT2D eigenvalue weighted by molar-refractivity contribution is 14.0. The number of aliphatic imine (C=N–C) groups is 1. The van der Waals surface area contributed by atoms with E-state index in [1.807, 2.05) is 62.5 Å². The molecule has 28 heavy (non-hydrogen) atoms. The molecule has 0 aliphatic heterocycles. The molecule has 0 fully saturated rings. The van der Waals surface area contributed by atoms with Crippen molar-refractivity contribution >= 4 is 35.8 Å². The number of carbonyl (C=O) groups excluding carboxylic acids is 1. The van der Waals surface area contributed by atoms with Gasteiger partial charge in [0.15, 0.2) is 5.96 Å². The van der Waals surface area contributed by atoms with Crippen LogP contribution in [0.15, 0.2) is 65.7 Å². The summed E-state index contributed by atoms with van der Waals surface area (Å²) in [4.78, 5) is 18.6. The van der Waals surface area contributed by atoms with Crippen molar-refractivity contribution in [1.82, 2.24) is 15.5 Å². The van der Waals surface area contributed by atoms with Crippen molar-refractivity contribution in [3.8, 4) is 0 Å². The summed E-state index contributed by atoms with van der Waals surface area (Å²) in [5.41, 5.74) is 2.32. The van der Waals surface area contributed by atoms with Gasteiger partial charge in [-0.2, -0.15) is 0 Å². The first-order chi connectivity index (χ1) is 13.1. The van der Waals surface area contributed by atoms with E-state index < -0.39 is 0 Å². The Labute approximate surface area is 185 Å². The molecule has 2 rings (SSSR count). The molecule has 0 heterocycles. The maximum absolute atomic E-state index is 12.3. The van der Waals surface area contributed by atoms with Crippen LogP contribution in [0.3, 0.4) is 0 Å². The van der Waals surface area contributed by atoms with Crippen LogP contribution in [0.1, 0.15) is 37.4 Å². The summed E-state index contributed by atoms with van der Waals surface area (Å²) in [5.74, 6) is 0.821. The molecule has 0 bridgehead atoms. The molecule has 1 amide bonds. The molecule has 0 aliphatic carbocycles. The quantitative estimate of drug-likeness (QED) is 0.332. The fourth-order valence-electron chi connectivity index (χ4n) is 2.75. The Morgan fingerprint density at radius 1 is 1.07 bits per heavy atom. The lowest BCUT2D eigenvalue weighted by atomic mass is 10.1. The van der Waals surface area contributed by atoms with Gasteiger partial charge in [0.25, 0.3) is 0 Å². The second kappa shape index (κ2) is 13.1. The first-order valence-corrected chi connectivity index (χ1v) is 9.47. The van der Waals surface area contributed by atoms with E-state index in [0.717, 1.165) is 18.1 Å². The molecule has 0 aromatic heterocycles. The number of rotatable bonds is 8. The molecule has 152 valence electrons. The van der Waals surface area contributed by atoms with Gasteiger partial charge in [0, 0.05) is 26.6 Å². The highest BCUT2D eigenvalue weighted by atomic mass is 127. The third-order valence-electron chi connectivity index (χ3n) is 4.28. The SMILES string of the molecule is CCNC(=NCCC(=O)N(C)Cc1ccccc1)NC(C)c1ccccc1.I. The maximum Gasteiger partial charge on any atom is 0.224 e. The second-order valence-electron chi connectivity index (χ2n) is 6.52. The zero-order valence-corrected chi connectivity index (χ0v) is 19.2. The molecule has 2 N–H and O–H groups in total. The van der Waals surface area contributed by atoms with Crippen molar-refractivity contribution in [1.29, 1.82) is 0 Å². The fourth-order valence-corrected chi connectivity index (χ4v) is 2.75. The molecule has 5 nitrogen and oxygen atoms in total. The predicted octanol–water partition coefficient (Wildman–Crippen LogP) is 3.97. The summed E-state index contributed by atoms with van der Waals surface area (Å²) in [6, 6.07) is 20.4. The van der Waals surface area contributed by atoms with Crippen LogP contribution >= 0.6 is 24.0 Å². The highest BCUT2D eigenvalue weighted by Crippen LogP contribution is 2.10. The van der Waals surface area contributed by atoms with Crippen LogP contribution in [0.2, 0.25) is 0 Å². The lowest BCUT2D eigenvalue weighted by Gasteiger charge is -2.19. The summed E-state index contributed by atoms with van der Waals surface area (Å²) >= 11 is 0. The first-order valence-electron chi connectivity index (χ1n) is 9.47. The van der Waals surface area contributed by atoms with Crippen LogP contribution in [-0.4, -0.2) is 36.9 Å². The first kappa shape index (κ1) is 23.9. The zero-order valence-electron chi connectivity index (χ0n) is 16.9. The molecule has 0 radical (unpaired) electrons. The third kappa shape index (κ3) is 8.29. The number of carbonyl (C=O) groups is 1. The van der Waals surface area contributed by atoms with E-state index in [-0.39, 0.29) is 35.9 Å². The summed E-state index contributed by atoms with van der Waals surface area (Å²) in [7, 11) is 1.83. The number of benzene rings is 2. The number of hydrogen-bond acceptors (Lipinski definition) is 2. The molecular weight excluding hydrogens is 463 g/mol. The monoisotopic (exact) mass is 494 g/mol. The number of guanidine groups is 1. The average molecular weight is 494 g/mol. The summed E-state index contributed by atoms with van der Waals surface area (Å²) in [6.45, 7) is 5.97. The summed E-state index contributed by atoms with van der Waals surface area (Å²) in [5, 5.41) is 6.63. The van der Waals surface area contributed by atoms with E-state index in [0.29, 0.717) is 19.5 Å². The summed E-state index contributed by atoms with van der Waals surface area (Å²) in [6.07, 6.45) is 0.389. The van der Waals surface area contributed by atoms with Gasteiger partial charge in [0.1, 0.15) is 0 Å². The Balaban J connectivity index is 0.00000392. The zero-order chi connectivity index (χ0) is 19.5. The predicted molar refractivity (Wildman–Crippen MR) is 127 cm³/mol. The van der Waals surface area contributed by atoms with Crippen molar-refractivity contribution in [2.24, 2.45) is 4.99 Å². The number of amides is 1. The largest absolute Gasteiger partial charge is 0.357 e. The smallest absolute Gasteiger partial charge is 0.224 e. The molecule has 0 aliphatic rings. The van der Waals surface area contributed by atoms with Crippen LogP contribution in [-0.2, 0) is 11.3 Å². The van der Waals surface area contributed by atoms with Gasteiger partial charge in [-0.3, -0.25) is 9.79 Å². The minimum atomic E-state index is 0. The van der Waals surface area contributed by atoms with Crippen LogP contribution in [0, 0.1) is 0 Å². The van der Waals surface area contributed by atoms with E-state index in [1.165, 1.54) is 5.56 Å². The van der Waals surface area contributed by atoms with Crippen LogP contribution in [0.25, 0.3) is 0 Å². The minimum absolute atomic E-state index is 0. The second-order valence-corrected chi connectivity index (χ2v) is 6.52. The van der Waals surface area contributed by atoms with Crippen molar-refractivity contribution in [2.75, 3.05) is 20.1 Å².